The topological polar surface area (TPSA) is 40.7 Å². The molecule has 0 radical (unpaired) electrons. The van der Waals surface area contributed by atoms with E-state index in [0.29, 0.717) is 0 Å². The first-order valence-corrected chi connectivity index (χ1v) is 4.58. The van der Waals surface area contributed by atoms with Crippen LogP contribution in [-0.4, -0.2) is 17.0 Å². The van der Waals surface area contributed by atoms with Crippen molar-refractivity contribution in [1.82, 2.24) is 15.3 Å². The summed E-state index contributed by atoms with van der Waals surface area (Å²) >= 11 is 0. The molecule has 0 unspecified atom stereocenters. The molecule has 1 fully saturated rings. The molecule has 66 valence electrons. The van der Waals surface area contributed by atoms with Crippen molar-refractivity contribution in [1.29, 1.82) is 0 Å². The van der Waals surface area contributed by atoms with Crippen LogP contribution in [-0.2, 0) is 6.54 Å². The SMILES string of the molecule is CNCc1cnc(C2CCC2)[nH]1. The van der Waals surface area contributed by atoms with Gasteiger partial charge in [-0.3, -0.25) is 0 Å². The maximum atomic E-state index is 4.36. The van der Waals surface area contributed by atoms with Crippen LogP contribution in [0.3, 0.4) is 0 Å². The molecule has 1 aliphatic carbocycles. The zero-order chi connectivity index (χ0) is 8.39. The van der Waals surface area contributed by atoms with Gasteiger partial charge in [0.2, 0.25) is 0 Å². The summed E-state index contributed by atoms with van der Waals surface area (Å²) in [6.45, 7) is 0.889. The minimum atomic E-state index is 0.718. The minimum Gasteiger partial charge on any atom is -0.345 e. The fourth-order valence-corrected chi connectivity index (χ4v) is 1.55. The van der Waals surface area contributed by atoms with E-state index in [4.69, 9.17) is 0 Å². The molecule has 3 heteroatoms. The quantitative estimate of drug-likeness (QED) is 0.710. The Bertz CT molecular complexity index is 250. The molecule has 0 spiro atoms. The summed E-state index contributed by atoms with van der Waals surface area (Å²) in [5.74, 6) is 1.90. The van der Waals surface area contributed by atoms with E-state index in [9.17, 15) is 0 Å². The molecule has 2 N–H and O–H groups in total. The number of aromatic amines is 1. The Morgan fingerprint density at radius 2 is 2.50 bits per heavy atom. The maximum absolute atomic E-state index is 4.36. The lowest BCUT2D eigenvalue weighted by atomic mass is 9.85. The third kappa shape index (κ3) is 1.37. The molecule has 1 aromatic rings. The second-order valence-corrected chi connectivity index (χ2v) is 3.45. The van der Waals surface area contributed by atoms with Gasteiger partial charge in [-0.1, -0.05) is 6.42 Å². The zero-order valence-electron chi connectivity index (χ0n) is 7.43. The van der Waals surface area contributed by atoms with Gasteiger partial charge in [-0.2, -0.15) is 0 Å². The number of aromatic nitrogens is 2. The van der Waals surface area contributed by atoms with Crippen LogP contribution in [0.1, 0.15) is 36.7 Å². The second kappa shape index (κ2) is 3.27. The third-order valence-electron chi connectivity index (χ3n) is 2.51. The summed E-state index contributed by atoms with van der Waals surface area (Å²) in [6, 6.07) is 0. The van der Waals surface area contributed by atoms with E-state index in [1.165, 1.54) is 30.8 Å². The number of nitrogens with one attached hydrogen (secondary N) is 2. The highest BCUT2D eigenvalue weighted by molar-refractivity contribution is 5.07. The molecule has 0 aliphatic heterocycles. The monoisotopic (exact) mass is 165 g/mol. The van der Waals surface area contributed by atoms with Crippen molar-refractivity contribution in [2.45, 2.75) is 31.7 Å². The molecule has 0 atom stereocenters. The molecule has 12 heavy (non-hydrogen) atoms. The largest absolute Gasteiger partial charge is 0.345 e. The van der Waals surface area contributed by atoms with Crippen LogP contribution in [0.15, 0.2) is 6.20 Å². The number of imidazole rings is 1. The van der Waals surface area contributed by atoms with Crippen LogP contribution in [0.4, 0.5) is 0 Å². The lowest BCUT2D eigenvalue weighted by Gasteiger charge is -2.22. The van der Waals surface area contributed by atoms with Gasteiger partial charge in [0.05, 0.1) is 0 Å². The van der Waals surface area contributed by atoms with Crippen molar-refractivity contribution in [3.05, 3.63) is 17.7 Å². The molecule has 1 heterocycles. The average Bonchev–Trinajstić information content (AvgIpc) is 2.34. The molecule has 0 saturated heterocycles. The third-order valence-corrected chi connectivity index (χ3v) is 2.51. The van der Waals surface area contributed by atoms with E-state index in [0.717, 1.165) is 12.5 Å². The van der Waals surface area contributed by atoms with Crippen LogP contribution in [0.2, 0.25) is 0 Å². The van der Waals surface area contributed by atoms with Crippen molar-refractivity contribution in [2.24, 2.45) is 0 Å². The first-order valence-electron chi connectivity index (χ1n) is 4.58. The van der Waals surface area contributed by atoms with Crippen LogP contribution < -0.4 is 5.32 Å². The fraction of sp³-hybridized carbons (Fsp3) is 0.667. The summed E-state index contributed by atoms with van der Waals surface area (Å²) in [6.07, 6.45) is 5.93. The Hall–Kier alpha value is -0.830. The van der Waals surface area contributed by atoms with Gasteiger partial charge in [-0.05, 0) is 19.9 Å². The summed E-state index contributed by atoms with van der Waals surface area (Å²) in [4.78, 5) is 7.70. The highest BCUT2D eigenvalue weighted by atomic mass is 15.0. The van der Waals surface area contributed by atoms with E-state index in [1.54, 1.807) is 0 Å². The Kier molecular flexibility index (Phi) is 2.13. The number of hydrogen-bond donors (Lipinski definition) is 2. The Labute approximate surface area is 72.6 Å². The van der Waals surface area contributed by atoms with Crippen molar-refractivity contribution in [3.63, 3.8) is 0 Å². The van der Waals surface area contributed by atoms with Crippen molar-refractivity contribution < 1.29 is 0 Å². The van der Waals surface area contributed by atoms with Gasteiger partial charge in [0, 0.05) is 24.4 Å². The molecular formula is C9H15N3. The van der Waals surface area contributed by atoms with Crippen LogP contribution in [0.5, 0.6) is 0 Å². The Morgan fingerprint density at radius 1 is 1.67 bits per heavy atom. The lowest BCUT2D eigenvalue weighted by molar-refractivity contribution is 0.403. The van der Waals surface area contributed by atoms with E-state index in [1.807, 2.05) is 13.2 Å². The van der Waals surface area contributed by atoms with E-state index in [-0.39, 0.29) is 0 Å². The first-order chi connectivity index (χ1) is 5.90. The van der Waals surface area contributed by atoms with Gasteiger partial charge in [0.15, 0.2) is 0 Å². The lowest BCUT2D eigenvalue weighted by Crippen LogP contribution is -2.11. The Morgan fingerprint density at radius 3 is 3.08 bits per heavy atom. The van der Waals surface area contributed by atoms with Crippen LogP contribution >= 0.6 is 0 Å². The van der Waals surface area contributed by atoms with Crippen molar-refractivity contribution >= 4 is 0 Å². The summed E-state index contributed by atoms with van der Waals surface area (Å²) < 4.78 is 0. The predicted octanol–water partition coefficient (Wildman–Crippen LogP) is 1.40. The van der Waals surface area contributed by atoms with Gasteiger partial charge >= 0.3 is 0 Å². The number of hydrogen-bond acceptors (Lipinski definition) is 2. The standard InChI is InChI=1S/C9H15N3/c1-10-5-8-6-11-9(12-8)7-3-2-4-7/h6-7,10H,2-5H2,1H3,(H,11,12). The molecule has 0 aromatic carbocycles. The summed E-state index contributed by atoms with van der Waals surface area (Å²) in [7, 11) is 1.95. The maximum Gasteiger partial charge on any atom is 0.109 e. The van der Waals surface area contributed by atoms with Gasteiger partial charge in [-0.15, -0.1) is 0 Å². The normalized spacial score (nSPS) is 17.8. The van der Waals surface area contributed by atoms with Gasteiger partial charge in [0.1, 0.15) is 5.82 Å². The van der Waals surface area contributed by atoms with Crippen LogP contribution in [0.25, 0.3) is 0 Å². The van der Waals surface area contributed by atoms with E-state index in [2.05, 4.69) is 15.3 Å². The Balaban J connectivity index is 2.02. The number of nitrogens with zero attached hydrogens (tertiary/aromatic N) is 1. The molecule has 1 aliphatic rings. The molecule has 3 nitrogen and oxygen atoms in total. The molecular weight excluding hydrogens is 150 g/mol. The van der Waals surface area contributed by atoms with Crippen molar-refractivity contribution in [3.8, 4) is 0 Å². The highest BCUT2D eigenvalue weighted by Gasteiger charge is 2.21. The summed E-state index contributed by atoms with van der Waals surface area (Å²) in [5.41, 5.74) is 1.19. The van der Waals surface area contributed by atoms with Gasteiger partial charge < -0.3 is 10.3 Å². The molecule has 1 aromatic heterocycles. The van der Waals surface area contributed by atoms with Gasteiger partial charge in [-0.25, -0.2) is 4.98 Å². The van der Waals surface area contributed by atoms with Crippen LogP contribution in [0, 0.1) is 0 Å². The predicted molar refractivity (Wildman–Crippen MR) is 47.9 cm³/mol. The molecule has 1 saturated carbocycles. The molecule has 0 amide bonds. The highest BCUT2D eigenvalue weighted by Crippen LogP contribution is 2.34. The summed E-state index contributed by atoms with van der Waals surface area (Å²) in [5, 5.41) is 3.10. The number of rotatable bonds is 3. The second-order valence-electron chi connectivity index (χ2n) is 3.45. The smallest absolute Gasteiger partial charge is 0.109 e. The number of H-pyrrole nitrogens is 1. The zero-order valence-corrected chi connectivity index (χ0v) is 7.43. The molecule has 2 rings (SSSR count). The van der Waals surface area contributed by atoms with Gasteiger partial charge in [0.25, 0.3) is 0 Å². The van der Waals surface area contributed by atoms with E-state index < -0.39 is 0 Å². The first kappa shape index (κ1) is 7.80. The average molecular weight is 165 g/mol. The van der Waals surface area contributed by atoms with Crippen molar-refractivity contribution in [2.75, 3.05) is 7.05 Å². The molecule has 0 bridgehead atoms. The minimum absolute atomic E-state index is 0.718. The fourth-order valence-electron chi connectivity index (χ4n) is 1.55. The van der Waals surface area contributed by atoms with E-state index >= 15 is 0 Å².